The molecule has 0 radical (unpaired) electrons. The van der Waals surface area contributed by atoms with Gasteiger partial charge in [0.1, 0.15) is 17.4 Å². The molecule has 2 rings (SSSR count). The molecule has 0 fully saturated rings. The molecule has 5 nitrogen and oxygen atoms in total. The molecule has 0 unspecified atom stereocenters. The van der Waals surface area contributed by atoms with E-state index in [1.807, 2.05) is 0 Å². The van der Waals surface area contributed by atoms with Gasteiger partial charge >= 0.3 is 0 Å². The molecule has 0 saturated carbocycles. The van der Waals surface area contributed by atoms with Gasteiger partial charge in [-0.2, -0.15) is 0 Å². The monoisotopic (exact) mass is 366 g/mol. The molecule has 0 aromatic heterocycles. The zero-order valence-corrected chi connectivity index (χ0v) is 14.4. The van der Waals surface area contributed by atoms with E-state index in [0.29, 0.717) is 17.1 Å². The molecular formula is C17H16F2N2O3S. The minimum absolute atomic E-state index is 0.0501. The molecule has 0 aliphatic carbocycles. The molecule has 0 saturated heterocycles. The summed E-state index contributed by atoms with van der Waals surface area (Å²) in [5.74, 6) is -1.55. The molecule has 2 aromatic rings. The van der Waals surface area contributed by atoms with Crippen molar-refractivity contribution < 1.29 is 23.1 Å². The highest BCUT2D eigenvalue weighted by atomic mass is 32.2. The van der Waals surface area contributed by atoms with Crippen molar-refractivity contribution in [3.8, 4) is 5.75 Å². The Morgan fingerprint density at radius 2 is 1.88 bits per heavy atom. The molecule has 0 aliphatic heterocycles. The Labute approximate surface area is 147 Å². The van der Waals surface area contributed by atoms with E-state index in [1.54, 1.807) is 18.2 Å². The van der Waals surface area contributed by atoms with Crippen LogP contribution in [0.15, 0.2) is 41.3 Å². The predicted molar refractivity (Wildman–Crippen MR) is 93.0 cm³/mol. The lowest BCUT2D eigenvalue weighted by atomic mass is 10.2. The summed E-state index contributed by atoms with van der Waals surface area (Å²) in [7, 11) is 1.44. The van der Waals surface area contributed by atoms with Crippen molar-refractivity contribution in [2.45, 2.75) is 11.8 Å². The maximum Gasteiger partial charge on any atom is 0.234 e. The highest BCUT2D eigenvalue weighted by molar-refractivity contribution is 8.00. The molecule has 8 heteroatoms. The standard InChI is InChI=1S/C17H16F2N2O3S/c1-10(22)20-12-4-6-15(24-2)14(8-12)21-17(23)9-25-16-7-11(18)3-5-13(16)19/h3-8H,9H2,1-2H3,(H,20,22)(H,21,23). The molecule has 0 atom stereocenters. The number of carbonyl (C=O) groups excluding carboxylic acids is 2. The molecule has 0 bridgehead atoms. The summed E-state index contributed by atoms with van der Waals surface area (Å²) in [4.78, 5) is 23.3. The number of hydrogen-bond acceptors (Lipinski definition) is 4. The third-order valence-electron chi connectivity index (χ3n) is 3.05. The van der Waals surface area contributed by atoms with Gasteiger partial charge in [0, 0.05) is 17.5 Å². The summed E-state index contributed by atoms with van der Waals surface area (Å²) in [6.07, 6.45) is 0. The lowest BCUT2D eigenvalue weighted by Crippen LogP contribution is -2.15. The second kappa shape index (κ2) is 8.48. The third kappa shape index (κ3) is 5.46. The smallest absolute Gasteiger partial charge is 0.234 e. The van der Waals surface area contributed by atoms with Crippen LogP contribution in [-0.4, -0.2) is 24.7 Å². The van der Waals surface area contributed by atoms with Crippen LogP contribution in [0.4, 0.5) is 20.2 Å². The van der Waals surface area contributed by atoms with E-state index >= 15 is 0 Å². The Hall–Kier alpha value is -2.61. The van der Waals surface area contributed by atoms with Crippen LogP contribution in [0.5, 0.6) is 5.75 Å². The molecule has 0 spiro atoms. The van der Waals surface area contributed by atoms with Gasteiger partial charge in [0.05, 0.1) is 18.6 Å². The number of anilines is 2. The average Bonchev–Trinajstić information content (AvgIpc) is 2.55. The van der Waals surface area contributed by atoms with Gasteiger partial charge in [-0.25, -0.2) is 8.78 Å². The number of halogens is 2. The first kappa shape index (κ1) is 18.7. The van der Waals surface area contributed by atoms with Crippen LogP contribution in [0.25, 0.3) is 0 Å². The van der Waals surface area contributed by atoms with E-state index in [-0.39, 0.29) is 16.6 Å². The van der Waals surface area contributed by atoms with Crippen LogP contribution in [0, 0.1) is 11.6 Å². The minimum Gasteiger partial charge on any atom is -0.495 e. The van der Waals surface area contributed by atoms with Gasteiger partial charge < -0.3 is 15.4 Å². The van der Waals surface area contributed by atoms with Crippen LogP contribution in [-0.2, 0) is 9.59 Å². The Morgan fingerprint density at radius 1 is 1.12 bits per heavy atom. The number of rotatable bonds is 6. The average molecular weight is 366 g/mol. The molecule has 25 heavy (non-hydrogen) atoms. The highest BCUT2D eigenvalue weighted by Gasteiger charge is 2.12. The largest absolute Gasteiger partial charge is 0.495 e. The predicted octanol–water partition coefficient (Wildman–Crippen LogP) is 3.66. The Morgan fingerprint density at radius 3 is 2.56 bits per heavy atom. The Kier molecular flexibility index (Phi) is 6.35. The fourth-order valence-electron chi connectivity index (χ4n) is 2.00. The summed E-state index contributed by atoms with van der Waals surface area (Å²) >= 11 is 0.879. The summed E-state index contributed by atoms with van der Waals surface area (Å²) in [6.45, 7) is 1.37. The van der Waals surface area contributed by atoms with Crippen molar-refractivity contribution in [3.63, 3.8) is 0 Å². The van der Waals surface area contributed by atoms with Gasteiger partial charge in [-0.3, -0.25) is 9.59 Å². The van der Waals surface area contributed by atoms with Gasteiger partial charge in [0.2, 0.25) is 11.8 Å². The molecule has 2 aromatic carbocycles. The van der Waals surface area contributed by atoms with Crippen LogP contribution in [0.2, 0.25) is 0 Å². The Bertz CT molecular complexity index is 799. The lowest BCUT2D eigenvalue weighted by Gasteiger charge is -2.12. The number of hydrogen-bond donors (Lipinski definition) is 2. The van der Waals surface area contributed by atoms with Crippen molar-refractivity contribution in [1.29, 1.82) is 0 Å². The van der Waals surface area contributed by atoms with Crippen LogP contribution in [0.1, 0.15) is 6.92 Å². The minimum atomic E-state index is -0.593. The highest BCUT2D eigenvalue weighted by Crippen LogP contribution is 2.29. The zero-order chi connectivity index (χ0) is 18.4. The third-order valence-corrected chi connectivity index (χ3v) is 4.08. The SMILES string of the molecule is COc1ccc(NC(C)=O)cc1NC(=O)CSc1cc(F)ccc1F. The topological polar surface area (TPSA) is 67.4 Å². The van der Waals surface area contributed by atoms with Crippen LogP contribution in [0.3, 0.4) is 0 Å². The quantitative estimate of drug-likeness (QED) is 0.766. The number of carbonyl (C=O) groups is 2. The number of benzene rings is 2. The number of nitrogens with one attached hydrogen (secondary N) is 2. The number of methoxy groups -OCH3 is 1. The first-order valence-corrected chi connectivity index (χ1v) is 8.21. The van der Waals surface area contributed by atoms with E-state index in [9.17, 15) is 18.4 Å². The fraction of sp³-hybridized carbons (Fsp3) is 0.176. The van der Waals surface area contributed by atoms with E-state index in [1.165, 1.54) is 14.0 Å². The maximum atomic E-state index is 13.6. The summed E-state index contributed by atoms with van der Waals surface area (Å²) in [5.41, 5.74) is 0.853. The van der Waals surface area contributed by atoms with Crippen molar-refractivity contribution in [1.82, 2.24) is 0 Å². The number of ether oxygens (including phenoxy) is 1. The van der Waals surface area contributed by atoms with Crippen molar-refractivity contribution in [2.24, 2.45) is 0 Å². The van der Waals surface area contributed by atoms with Crippen LogP contribution < -0.4 is 15.4 Å². The van der Waals surface area contributed by atoms with Gasteiger partial charge in [0.25, 0.3) is 0 Å². The second-order valence-electron chi connectivity index (χ2n) is 5.01. The van der Waals surface area contributed by atoms with E-state index in [0.717, 1.165) is 30.0 Å². The van der Waals surface area contributed by atoms with E-state index in [4.69, 9.17) is 4.74 Å². The summed E-state index contributed by atoms with van der Waals surface area (Å²) < 4.78 is 31.9. The number of amides is 2. The molecule has 2 N–H and O–H groups in total. The Balaban J connectivity index is 2.06. The van der Waals surface area contributed by atoms with Crippen molar-refractivity contribution >= 4 is 35.0 Å². The van der Waals surface area contributed by atoms with E-state index in [2.05, 4.69) is 10.6 Å². The van der Waals surface area contributed by atoms with Gasteiger partial charge in [0.15, 0.2) is 0 Å². The van der Waals surface area contributed by atoms with Gasteiger partial charge in [-0.15, -0.1) is 11.8 Å². The second-order valence-corrected chi connectivity index (χ2v) is 6.03. The first-order valence-electron chi connectivity index (χ1n) is 7.22. The molecular weight excluding hydrogens is 350 g/mol. The molecule has 2 amide bonds. The van der Waals surface area contributed by atoms with Gasteiger partial charge in [-0.05, 0) is 36.4 Å². The fourth-order valence-corrected chi connectivity index (χ4v) is 2.76. The van der Waals surface area contributed by atoms with Crippen molar-refractivity contribution in [3.05, 3.63) is 48.0 Å². The lowest BCUT2D eigenvalue weighted by molar-refractivity contribution is -0.114. The molecule has 132 valence electrons. The maximum absolute atomic E-state index is 13.6. The number of thioether (sulfide) groups is 1. The summed E-state index contributed by atoms with van der Waals surface area (Å²) in [5, 5.41) is 5.23. The first-order chi connectivity index (χ1) is 11.9. The normalized spacial score (nSPS) is 10.2. The van der Waals surface area contributed by atoms with Crippen LogP contribution >= 0.6 is 11.8 Å². The summed E-state index contributed by atoms with van der Waals surface area (Å²) in [6, 6.07) is 7.83. The zero-order valence-electron chi connectivity index (χ0n) is 13.6. The van der Waals surface area contributed by atoms with Crippen molar-refractivity contribution in [2.75, 3.05) is 23.5 Å². The molecule has 0 heterocycles. The van der Waals surface area contributed by atoms with E-state index < -0.39 is 17.5 Å². The molecule has 0 aliphatic rings. The van der Waals surface area contributed by atoms with Gasteiger partial charge in [-0.1, -0.05) is 0 Å².